The SMILES string of the molecule is CC=CC=CC(=O)NCC(F)(F)CO. The summed E-state index contributed by atoms with van der Waals surface area (Å²) in [6.07, 6.45) is 5.87. The van der Waals surface area contributed by atoms with Gasteiger partial charge in [0.2, 0.25) is 5.91 Å². The summed E-state index contributed by atoms with van der Waals surface area (Å²) >= 11 is 0. The number of halogens is 2. The van der Waals surface area contributed by atoms with E-state index in [9.17, 15) is 13.6 Å². The lowest BCUT2D eigenvalue weighted by Crippen LogP contribution is -2.38. The molecule has 2 N–H and O–H groups in total. The molecule has 0 radical (unpaired) electrons. The van der Waals surface area contributed by atoms with Crippen molar-refractivity contribution in [2.45, 2.75) is 12.8 Å². The first-order valence-electron chi connectivity index (χ1n) is 4.08. The number of rotatable bonds is 5. The van der Waals surface area contributed by atoms with E-state index >= 15 is 0 Å². The zero-order valence-electron chi connectivity index (χ0n) is 7.84. The Morgan fingerprint density at radius 1 is 1.50 bits per heavy atom. The number of hydrogen-bond donors (Lipinski definition) is 2. The molecule has 1 amide bonds. The third-order valence-corrected chi connectivity index (χ3v) is 1.30. The molecule has 14 heavy (non-hydrogen) atoms. The molecule has 3 nitrogen and oxygen atoms in total. The molecule has 0 aromatic heterocycles. The Hall–Kier alpha value is -1.23. The fraction of sp³-hybridized carbons (Fsp3) is 0.444. The summed E-state index contributed by atoms with van der Waals surface area (Å²) in [5.41, 5.74) is 0. The van der Waals surface area contributed by atoms with Crippen molar-refractivity contribution in [3.8, 4) is 0 Å². The van der Waals surface area contributed by atoms with Crippen LogP contribution in [-0.4, -0.2) is 30.1 Å². The van der Waals surface area contributed by atoms with Gasteiger partial charge < -0.3 is 10.4 Å². The molecule has 0 aromatic rings. The number of carbonyl (C=O) groups excluding carboxylic acids is 1. The lowest BCUT2D eigenvalue weighted by molar-refractivity contribution is -0.119. The fourth-order valence-corrected chi connectivity index (χ4v) is 0.585. The third-order valence-electron chi connectivity index (χ3n) is 1.30. The zero-order chi connectivity index (χ0) is 11.0. The van der Waals surface area contributed by atoms with E-state index in [1.807, 2.05) is 5.32 Å². The Kier molecular flexibility index (Phi) is 5.71. The first kappa shape index (κ1) is 12.8. The molecule has 0 aromatic carbocycles. The molecule has 0 spiro atoms. The number of aliphatic hydroxyl groups excluding tert-OH is 1. The molecule has 0 rings (SSSR count). The maximum Gasteiger partial charge on any atom is 0.287 e. The molecular weight excluding hydrogens is 192 g/mol. The van der Waals surface area contributed by atoms with Gasteiger partial charge in [0.05, 0.1) is 6.54 Å². The molecule has 0 aliphatic carbocycles. The average molecular weight is 205 g/mol. The van der Waals surface area contributed by atoms with Gasteiger partial charge >= 0.3 is 0 Å². The van der Waals surface area contributed by atoms with E-state index in [1.54, 1.807) is 19.1 Å². The van der Waals surface area contributed by atoms with Gasteiger partial charge in [-0.15, -0.1) is 0 Å². The van der Waals surface area contributed by atoms with Crippen molar-refractivity contribution in [3.63, 3.8) is 0 Å². The summed E-state index contributed by atoms with van der Waals surface area (Å²) in [6, 6.07) is 0. The molecule has 0 aliphatic rings. The minimum atomic E-state index is -3.26. The Morgan fingerprint density at radius 2 is 2.14 bits per heavy atom. The maximum atomic E-state index is 12.4. The predicted octanol–water partition coefficient (Wildman–Crippen LogP) is 0.863. The maximum absolute atomic E-state index is 12.4. The van der Waals surface area contributed by atoms with Crippen LogP contribution in [0.15, 0.2) is 24.3 Å². The predicted molar refractivity (Wildman–Crippen MR) is 49.0 cm³/mol. The third kappa shape index (κ3) is 6.30. The van der Waals surface area contributed by atoms with E-state index < -0.39 is 25.0 Å². The summed E-state index contributed by atoms with van der Waals surface area (Å²) < 4.78 is 24.8. The smallest absolute Gasteiger partial charge is 0.287 e. The molecule has 0 fully saturated rings. The summed E-state index contributed by atoms with van der Waals surface area (Å²) in [6.45, 7) is -0.365. The standard InChI is InChI=1S/C9H13F2NO2/c1-2-3-4-5-8(14)12-6-9(10,11)7-13/h2-5,13H,6-7H2,1H3,(H,12,14). The summed E-state index contributed by atoms with van der Waals surface area (Å²) in [5, 5.41) is 10.2. The van der Waals surface area contributed by atoms with Gasteiger partial charge in [0, 0.05) is 6.08 Å². The first-order chi connectivity index (χ1) is 6.52. The van der Waals surface area contributed by atoms with Gasteiger partial charge in [-0.25, -0.2) is 8.78 Å². The minimum absolute atomic E-state index is 0.615. The molecule has 0 saturated heterocycles. The van der Waals surface area contributed by atoms with Crippen LogP contribution in [-0.2, 0) is 4.79 Å². The lowest BCUT2D eigenvalue weighted by atomic mass is 10.3. The quantitative estimate of drug-likeness (QED) is 0.516. The van der Waals surface area contributed by atoms with Gasteiger partial charge in [-0.3, -0.25) is 4.79 Å². The molecule has 0 aliphatic heterocycles. The molecule has 80 valence electrons. The largest absolute Gasteiger partial charge is 0.390 e. The molecule has 0 atom stereocenters. The van der Waals surface area contributed by atoms with Crippen molar-refractivity contribution in [1.82, 2.24) is 5.32 Å². The lowest BCUT2D eigenvalue weighted by Gasteiger charge is -2.12. The monoisotopic (exact) mass is 205 g/mol. The summed E-state index contributed by atoms with van der Waals surface area (Å²) in [7, 11) is 0. The second-order valence-corrected chi connectivity index (χ2v) is 2.62. The van der Waals surface area contributed by atoms with Gasteiger partial charge in [0.1, 0.15) is 6.61 Å². The van der Waals surface area contributed by atoms with Crippen molar-refractivity contribution in [2.75, 3.05) is 13.2 Å². The topological polar surface area (TPSA) is 49.3 Å². The Labute approximate surface area is 81.1 Å². The van der Waals surface area contributed by atoms with Crippen LogP contribution >= 0.6 is 0 Å². The summed E-state index contributed by atoms with van der Waals surface area (Å²) in [5.74, 6) is -3.87. The number of alkyl halides is 2. The number of hydrogen-bond acceptors (Lipinski definition) is 2. The molecule has 5 heteroatoms. The van der Waals surface area contributed by atoms with E-state index in [4.69, 9.17) is 5.11 Å². The van der Waals surface area contributed by atoms with Crippen LogP contribution in [0.5, 0.6) is 0 Å². The molecule has 0 unspecified atom stereocenters. The number of allylic oxidation sites excluding steroid dienone is 3. The number of nitrogens with one attached hydrogen (secondary N) is 1. The van der Waals surface area contributed by atoms with Crippen LogP contribution in [0.1, 0.15) is 6.92 Å². The Balaban J connectivity index is 3.85. The minimum Gasteiger partial charge on any atom is -0.390 e. The highest BCUT2D eigenvalue weighted by Crippen LogP contribution is 2.09. The van der Waals surface area contributed by atoms with Crippen LogP contribution in [0.25, 0.3) is 0 Å². The highest BCUT2D eigenvalue weighted by molar-refractivity contribution is 5.87. The molecule has 0 bridgehead atoms. The molecule has 0 heterocycles. The van der Waals surface area contributed by atoms with E-state index in [0.717, 1.165) is 6.08 Å². The average Bonchev–Trinajstić information content (AvgIpc) is 2.16. The van der Waals surface area contributed by atoms with E-state index in [2.05, 4.69) is 0 Å². The van der Waals surface area contributed by atoms with E-state index in [0.29, 0.717) is 0 Å². The van der Waals surface area contributed by atoms with Gasteiger partial charge in [-0.05, 0) is 6.92 Å². The van der Waals surface area contributed by atoms with Gasteiger partial charge in [0.15, 0.2) is 0 Å². The number of aliphatic hydroxyl groups is 1. The normalized spacial score (nSPS) is 12.6. The van der Waals surface area contributed by atoms with Crippen molar-refractivity contribution in [1.29, 1.82) is 0 Å². The molecular formula is C9H13F2NO2. The molecule has 0 saturated carbocycles. The van der Waals surface area contributed by atoms with Gasteiger partial charge in [-0.2, -0.15) is 0 Å². The second kappa shape index (κ2) is 6.26. The van der Waals surface area contributed by atoms with Crippen LogP contribution < -0.4 is 5.32 Å². The van der Waals surface area contributed by atoms with Crippen molar-refractivity contribution < 1.29 is 18.7 Å². The zero-order valence-corrected chi connectivity index (χ0v) is 7.84. The van der Waals surface area contributed by atoms with Crippen molar-refractivity contribution in [3.05, 3.63) is 24.3 Å². The van der Waals surface area contributed by atoms with Crippen LogP contribution in [0.2, 0.25) is 0 Å². The van der Waals surface area contributed by atoms with Crippen LogP contribution in [0, 0.1) is 0 Å². The first-order valence-corrected chi connectivity index (χ1v) is 4.08. The van der Waals surface area contributed by atoms with E-state index in [1.165, 1.54) is 6.08 Å². The van der Waals surface area contributed by atoms with E-state index in [-0.39, 0.29) is 0 Å². The Morgan fingerprint density at radius 3 is 2.64 bits per heavy atom. The van der Waals surface area contributed by atoms with Crippen LogP contribution in [0.3, 0.4) is 0 Å². The second-order valence-electron chi connectivity index (χ2n) is 2.62. The summed E-state index contributed by atoms with van der Waals surface area (Å²) in [4.78, 5) is 10.8. The number of amides is 1. The van der Waals surface area contributed by atoms with Gasteiger partial charge in [0.25, 0.3) is 5.92 Å². The number of carbonyl (C=O) groups is 1. The highest BCUT2D eigenvalue weighted by atomic mass is 19.3. The van der Waals surface area contributed by atoms with Crippen molar-refractivity contribution >= 4 is 5.91 Å². The Bertz CT molecular complexity index is 237. The van der Waals surface area contributed by atoms with Gasteiger partial charge in [-0.1, -0.05) is 18.2 Å². The van der Waals surface area contributed by atoms with Crippen LogP contribution in [0.4, 0.5) is 8.78 Å². The fourth-order valence-electron chi connectivity index (χ4n) is 0.585. The van der Waals surface area contributed by atoms with Crippen molar-refractivity contribution in [2.24, 2.45) is 0 Å². The highest BCUT2D eigenvalue weighted by Gasteiger charge is 2.27.